The Morgan fingerprint density at radius 1 is 0.939 bits per heavy atom. The van der Waals surface area contributed by atoms with Crippen molar-refractivity contribution in [1.29, 1.82) is 0 Å². The van der Waals surface area contributed by atoms with E-state index in [4.69, 9.17) is 14.2 Å². The number of fused-ring (bicyclic) bond motifs is 1. The zero-order chi connectivity index (χ0) is 36.1. The van der Waals surface area contributed by atoms with Gasteiger partial charge in [0.25, 0.3) is 11.5 Å². The minimum atomic E-state index is -1.32. The molecular weight excluding hydrogens is 628 g/mol. The number of amides is 3. The maximum absolute atomic E-state index is 14.6. The number of rotatable bonds is 9. The number of anilines is 2. The fraction of sp³-hybridized carbons (Fsp3) is 0.405. The molecule has 0 saturated carbocycles. The topological polar surface area (TPSA) is 137 Å². The summed E-state index contributed by atoms with van der Waals surface area (Å²) in [7, 11) is 0. The van der Waals surface area contributed by atoms with E-state index in [9.17, 15) is 24.0 Å². The van der Waals surface area contributed by atoms with E-state index in [2.05, 4.69) is 11.6 Å². The minimum Gasteiger partial charge on any atom is -0.460 e. The Hall–Kier alpha value is -5.26. The van der Waals surface area contributed by atoms with Crippen LogP contribution >= 0.6 is 0 Å². The summed E-state index contributed by atoms with van der Waals surface area (Å²) in [6.45, 7) is 15.5. The van der Waals surface area contributed by atoms with E-state index >= 15 is 0 Å². The zero-order valence-corrected chi connectivity index (χ0v) is 29.1. The summed E-state index contributed by atoms with van der Waals surface area (Å²) in [5.41, 5.74) is -2.86. The standard InChI is InChI=1S/C37H44N4O8/c1-9-20-39(33(45)47-24-25-16-12-10-13-17-25)28-23-38-32-37(8,22-29(42)48-35(2,3)4)21-27(41(32)31(28)44)30(43)40(26-18-14-11-15-19-26)34(46)49-36(5,6)7/h9-19,23,27H,1,20-22,24H2,2-8H3. The molecule has 2 unspecified atom stereocenters. The Labute approximate surface area is 286 Å². The predicted octanol–water partition coefficient (Wildman–Crippen LogP) is 6.48. The first-order chi connectivity index (χ1) is 22.9. The Balaban J connectivity index is 1.83. The highest BCUT2D eigenvalue weighted by atomic mass is 16.6. The van der Waals surface area contributed by atoms with Crippen molar-refractivity contribution in [3.63, 3.8) is 0 Å². The number of esters is 1. The van der Waals surface area contributed by atoms with Crippen LogP contribution in [0.5, 0.6) is 0 Å². The Morgan fingerprint density at radius 2 is 1.53 bits per heavy atom. The maximum atomic E-state index is 14.6. The number of imide groups is 1. The Morgan fingerprint density at radius 3 is 2.10 bits per heavy atom. The van der Waals surface area contributed by atoms with E-state index in [0.717, 1.165) is 19.9 Å². The van der Waals surface area contributed by atoms with E-state index in [1.54, 1.807) is 90.9 Å². The van der Waals surface area contributed by atoms with Gasteiger partial charge in [-0.25, -0.2) is 19.5 Å². The number of benzene rings is 2. The highest BCUT2D eigenvalue weighted by molar-refractivity contribution is 6.14. The number of ether oxygens (including phenoxy) is 3. The predicted molar refractivity (Wildman–Crippen MR) is 184 cm³/mol. The van der Waals surface area contributed by atoms with Crippen LogP contribution in [-0.2, 0) is 35.8 Å². The molecule has 3 amide bonds. The molecule has 260 valence electrons. The third-order valence-electron chi connectivity index (χ3n) is 7.55. The van der Waals surface area contributed by atoms with Crippen molar-refractivity contribution >= 4 is 35.4 Å². The molecule has 1 aliphatic heterocycles. The highest BCUT2D eigenvalue weighted by Crippen LogP contribution is 2.43. The third-order valence-corrected chi connectivity index (χ3v) is 7.55. The first-order valence-electron chi connectivity index (χ1n) is 16.0. The molecule has 2 aromatic carbocycles. The van der Waals surface area contributed by atoms with E-state index < -0.39 is 52.3 Å². The van der Waals surface area contributed by atoms with Crippen molar-refractivity contribution in [2.45, 2.75) is 90.6 Å². The minimum absolute atomic E-state index is 0.0516. The molecule has 12 heteroatoms. The molecule has 0 aliphatic carbocycles. The van der Waals surface area contributed by atoms with Crippen molar-refractivity contribution < 1.29 is 33.4 Å². The molecule has 1 aliphatic rings. The lowest BCUT2D eigenvalue weighted by atomic mass is 9.82. The van der Waals surface area contributed by atoms with Crippen molar-refractivity contribution in [2.24, 2.45) is 0 Å². The summed E-state index contributed by atoms with van der Waals surface area (Å²) in [6.07, 6.45) is 0.581. The third kappa shape index (κ3) is 8.81. The Kier molecular flexibility index (Phi) is 10.8. The van der Waals surface area contributed by atoms with Crippen molar-refractivity contribution in [2.75, 3.05) is 16.3 Å². The number of carbonyl (C=O) groups is 4. The molecule has 0 radical (unpaired) electrons. The summed E-state index contributed by atoms with van der Waals surface area (Å²) >= 11 is 0. The van der Waals surface area contributed by atoms with Crippen LogP contribution in [-0.4, -0.2) is 51.4 Å². The van der Waals surface area contributed by atoms with Gasteiger partial charge in [0.2, 0.25) is 0 Å². The van der Waals surface area contributed by atoms with Crippen LogP contribution in [0.25, 0.3) is 0 Å². The van der Waals surface area contributed by atoms with Crippen LogP contribution in [0.4, 0.5) is 21.0 Å². The van der Waals surface area contributed by atoms with Crippen LogP contribution in [0.2, 0.25) is 0 Å². The average Bonchev–Trinajstić information content (AvgIpc) is 3.30. The maximum Gasteiger partial charge on any atom is 0.421 e. The second kappa shape index (κ2) is 14.5. The van der Waals surface area contributed by atoms with Crippen molar-refractivity contribution in [3.8, 4) is 0 Å². The fourth-order valence-corrected chi connectivity index (χ4v) is 5.59. The molecule has 0 saturated heterocycles. The van der Waals surface area contributed by atoms with Gasteiger partial charge >= 0.3 is 18.2 Å². The second-order valence-electron chi connectivity index (χ2n) is 14.1. The van der Waals surface area contributed by atoms with Gasteiger partial charge in [0.15, 0.2) is 0 Å². The zero-order valence-electron chi connectivity index (χ0n) is 29.1. The summed E-state index contributed by atoms with van der Waals surface area (Å²) in [5, 5.41) is 0. The first kappa shape index (κ1) is 36.6. The monoisotopic (exact) mass is 672 g/mol. The number of nitrogens with zero attached hydrogens (tertiary/aromatic N) is 4. The number of carbonyl (C=O) groups excluding carboxylic acids is 4. The van der Waals surface area contributed by atoms with Gasteiger partial charge in [0, 0.05) is 12.0 Å². The van der Waals surface area contributed by atoms with Gasteiger partial charge in [-0.05, 0) is 65.7 Å². The summed E-state index contributed by atoms with van der Waals surface area (Å²) in [4.78, 5) is 75.8. The molecule has 2 heterocycles. The molecular formula is C37H44N4O8. The number of para-hydroxylation sites is 1. The molecule has 0 N–H and O–H groups in total. The van der Waals surface area contributed by atoms with E-state index in [1.165, 1.54) is 12.3 Å². The van der Waals surface area contributed by atoms with Gasteiger partial charge in [-0.3, -0.25) is 23.9 Å². The molecule has 49 heavy (non-hydrogen) atoms. The second-order valence-corrected chi connectivity index (χ2v) is 14.1. The van der Waals surface area contributed by atoms with Gasteiger partial charge in [0.05, 0.1) is 18.3 Å². The molecule has 0 spiro atoms. The lowest BCUT2D eigenvalue weighted by molar-refractivity contribution is -0.156. The number of aromatic nitrogens is 2. The summed E-state index contributed by atoms with van der Waals surface area (Å²) in [6, 6.07) is 15.9. The van der Waals surface area contributed by atoms with Crippen LogP contribution in [0.15, 0.2) is 84.3 Å². The van der Waals surface area contributed by atoms with E-state index in [0.29, 0.717) is 0 Å². The molecule has 0 bridgehead atoms. The van der Waals surface area contributed by atoms with Crippen molar-refractivity contribution in [1.82, 2.24) is 9.55 Å². The summed E-state index contributed by atoms with van der Waals surface area (Å²) < 4.78 is 17.9. The normalized spacial score (nSPS) is 17.0. The number of hydrogen-bond donors (Lipinski definition) is 0. The molecule has 12 nitrogen and oxygen atoms in total. The molecule has 2 atom stereocenters. The largest absolute Gasteiger partial charge is 0.460 e. The molecule has 0 fully saturated rings. The van der Waals surface area contributed by atoms with Crippen LogP contribution in [0.3, 0.4) is 0 Å². The molecule has 4 rings (SSSR count). The van der Waals surface area contributed by atoms with Gasteiger partial charge in [-0.2, -0.15) is 0 Å². The van der Waals surface area contributed by atoms with E-state index in [-0.39, 0.29) is 43.2 Å². The van der Waals surface area contributed by atoms with Crippen LogP contribution in [0.1, 0.15) is 78.7 Å². The number of hydrogen-bond acceptors (Lipinski definition) is 9. The van der Waals surface area contributed by atoms with Crippen molar-refractivity contribution in [3.05, 3.63) is 101 Å². The first-order valence-corrected chi connectivity index (χ1v) is 16.0. The van der Waals surface area contributed by atoms with Gasteiger partial charge in [-0.1, -0.05) is 61.5 Å². The lowest BCUT2D eigenvalue weighted by Gasteiger charge is -2.29. The van der Waals surface area contributed by atoms with Gasteiger partial charge in [0.1, 0.15) is 35.4 Å². The lowest BCUT2D eigenvalue weighted by Crippen LogP contribution is -2.46. The Bertz CT molecular complexity index is 1760. The van der Waals surface area contributed by atoms with Gasteiger partial charge < -0.3 is 14.2 Å². The average molecular weight is 673 g/mol. The fourth-order valence-electron chi connectivity index (χ4n) is 5.59. The van der Waals surface area contributed by atoms with Crippen LogP contribution in [0, 0.1) is 0 Å². The molecule has 1 aromatic heterocycles. The van der Waals surface area contributed by atoms with E-state index in [1.807, 2.05) is 18.2 Å². The smallest absolute Gasteiger partial charge is 0.421 e. The molecule has 3 aromatic rings. The van der Waals surface area contributed by atoms with Crippen LogP contribution < -0.4 is 15.4 Å². The quantitative estimate of drug-likeness (QED) is 0.142. The highest BCUT2D eigenvalue weighted by Gasteiger charge is 2.50. The SMILES string of the molecule is C=CCN(C(=O)OCc1ccccc1)c1cnc2n(c1=O)C(C(=O)N(C(=O)OC(C)(C)C)c1ccccc1)CC2(C)CC(=O)OC(C)(C)C. The summed E-state index contributed by atoms with van der Waals surface area (Å²) in [5.74, 6) is -1.21. The van der Waals surface area contributed by atoms with Gasteiger partial charge in [-0.15, -0.1) is 6.58 Å².